The maximum atomic E-state index is 10.9. The lowest BCUT2D eigenvalue weighted by atomic mass is 9.92. The lowest BCUT2D eigenvalue weighted by Gasteiger charge is -2.28. The minimum absolute atomic E-state index is 0.0285. The molecule has 0 bridgehead atoms. The van der Waals surface area contributed by atoms with E-state index in [4.69, 9.17) is 10.00 Å². The molecule has 2 aromatic rings. The van der Waals surface area contributed by atoms with E-state index in [0.717, 1.165) is 11.1 Å². The normalized spacial score (nSPS) is 15.1. The molecule has 0 saturated heterocycles. The number of benzene rings is 2. The molecule has 1 aliphatic rings. The van der Waals surface area contributed by atoms with Crippen LogP contribution in [-0.4, -0.2) is 11.5 Å². The van der Waals surface area contributed by atoms with Gasteiger partial charge in [-0.05, 0) is 11.6 Å². The quantitative estimate of drug-likeness (QED) is 0.404. The molecule has 0 radical (unpaired) electrons. The second kappa shape index (κ2) is 5.13. The molecule has 1 atom stereocenters. The van der Waals surface area contributed by atoms with Crippen LogP contribution in [0.1, 0.15) is 11.7 Å². The van der Waals surface area contributed by atoms with Gasteiger partial charge in [-0.3, -0.25) is 10.1 Å². The zero-order chi connectivity index (χ0) is 14.8. The number of hydrogen-bond donors (Lipinski definition) is 1. The molecule has 104 valence electrons. The van der Waals surface area contributed by atoms with Gasteiger partial charge in [-0.2, -0.15) is 5.26 Å². The molecule has 0 spiro atoms. The number of ether oxygens (including phenoxy) is 1. The zero-order valence-electron chi connectivity index (χ0n) is 10.9. The topological polar surface area (TPSA) is 88.2 Å². The van der Waals surface area contributed by atoms with E-state index in [9.17, 15) is 10.1 Å². The molecular weight excluding hydrogens is 270 g/mol. The molecule has 6 heteroatoms. The third-order valence-corrected chi connectivity index (χ3v) is 3.41. The minimum atomic E-state index is -0.424. The van der Waals surface area contributed by atoms with E-state index < -0.39 is 4.92 Å². The fourth-order valence-electron chi connectivity index (χ4n) is 2.47. The van der Waals surface area contributed by atoms with E-state index in [2.05, 4.69) is 5.32 Å². The molecule has 0 aromatic heterocycles. The van der Waals surface area contributed by atoms with Gasteiger partial charge in [0.05, 0.1) is 11.5 Å². The molecule has 6 nitrogen and oxygen atoms in total. The number of fused-ring (bicyclic) bond motifs is 3. The minimum Gasteiger partial charge on any atom is -0.483 e. The van der Waals surface area contributed by atoms with Gasteiger partial charge in [-0.1, -0.05) is 24.3 Å². The van der Waals surface area contributed by atoms with Crippen molar-refractivity contribution >= 4 is 5.69 Å². The summed E-state index contributed by atoms with van der Waals surface area (Å²) in [6.45, 7) is 0.351. The predicted molar refractivity (Wildman–Crippen MR) is 75.5 cm³/mol. The molecule has 1 N–H and O–H groups in total. The molecule has 0 saturated carbocycles. The summed E-state index contributed by atoms with van der Waals surface area (Å²) in [5, 5.41) is 22.2. The highest BCUT2D eigenvalue weighted by Crippen LogP contribution is 2.43. The van der Waals surface area contributed by atoms with Crippen molar-refractivity contribution in [1.82, 2.24) is 5.32 Å². The van der Waals surface area contributed by atoms with Gasteiger partial charge in [-0.25, -0.2) is 0 Å². The fraction of sp³-hybridized carbons (Fsp3) is 0.133. The smallest absolute Gasteiger partial charge is 0.270 e. The molecule has 1 aliphatic heterocycles. The van der Waals surface area contributed by atoms with Crippen molar-refractivity contribution in [3.63, 3.8) is 0 Å². The molecule has 0 amide bonds. The summed E-state index contributed by atoms with van der Waals surface area (Å²) in [5.41, 5.74) is 2.54. The van der Waals surface area contributed by atoms with E-state index in [-0.39, 0.29) is 11.8 Å². The van der Waals surface area contributed by atoms with E-state index in [0.29, 0.717) is 17.9 Å². The Labute approximate surface area is 120 Å². The van der Waals surface area contributed by atoms with Crippen LogP contribution in [0, 0.1) is 21.6 Å². The summed E-state index contributed by atoms with van der Waals surface area (Å²) >= 11 is 0. The second-order valence-corrected chi connectivity index (χ2v) is 4.62. The first kappa shape index (κ1) is 12.9. The number of non-ortho nitro benzene ring substituents is 1. The number of nitrogens with one attached hydrogen (secondary N) is 1. The van der Waals surface area contributed by atoms with Crippen molar-refractivity contribution in [2.75, 3.05) is 6.54 Å². The predicted octanol–water partition coefficient (Wildman–Crippen LogP) is 2.77. The van der Waals surface area contributed by atoms with Gasteiger partial charge in [0.25, 0.3) is 5.69 Å². The highest BCUT2D eigenvalue weighted by Gasteiger charge is 2.27. The number of nitro benzene ring substituents is 1. The Morgan fingerprint density at radius 2 is 2.10 bits per heavy atom. The van der Waals surface area contributed by atoms with Gasteiger partial charge in [-0.15, -0.1) is 0 Å². The van der Waals surface area contributed by atoms with Crippen LogP contribution in [0.4, 0.5) is 5.69 Å². The summed E-state index contributed by atoms with van der Waals surface area (Å²) in [7, 11) is 0. The molecule has 1 heterocycles. The van der Waals surface area contributed by atoms with Crippen molar-refractivity contribution in [3.8, 4) is 23.1 Å². The van der Waals surface area contributed by atoms with Crippen LogP contribution < -0.4 is 10.1 Å². The van der Waals surface area contributed by atoms with Crippen molar-refractivity contribution in [1.29, 1.82) is 5.26 Å². The first-order chi connectivity index (χ1) is 10.2. The number of hydrogen-bond acceptors (Lipinski definition) is 5. The summed E-state index contributed by atoms with van der Waals surface area (Å²) < 4.78 is 5.86. The lowest BCUT2D eigenvalue weighted by Crippen LogP contribution is -2.24. The molecule has 0 fully saturated rings. The Morgan fingerprint density at radius 1 is 1.29 bits per heavy atom. The van der Waals surface area contributed by atoms with Crippen molar-refractivity contribution < 1.29 is 9.66 Å². The van der Waals surface area contributed by atoms with Crippen molar-refractivity contribution in [3.05, 3.63) is 58.1 Å². The average molecular weight is 281 g/mol. The number of nitrogens with zero attached hydrogens (tertiary/aromatic N) is 2. The van der Waals surface area contributed by atoms with E-state index in [1.54, 1.807) is 6.07 Å². The van der Waals surface area contributed by atoms with E-state index in [1.165, 1.54) is 12.1 Å². The Morgan fingerprint density at radius 3 is 2.86 bits per heavy atom. The Kier molecular flexibility index (Phi) is 3.16. The third kappa shape index (κ3) is 2.25. The lowest BCUT2D eigenvalue weighted by molar-refractivity contribution is -0.384. The molecular formula is C15H11N3O3. The standard InChI is InChI=1S/C15H11N3O3/c16-9-17-8-15-12-4-2-1-3-11(12)13-7-10(18(19)20)5-6-14(13)21-15/h1-7,15,17H,8H2. The zero-order valence-corrected chi connectivity index (χ0v) is 10.9. The van der Waals surface area contributed by atoms with Gasteiger partial charge in [0.2, 0.25) is 0 Å². The highest BCUT2D eigenvalue weighted by molar-refractivity contribution is 5.77. The van der Waals surface area contributed by atoms with Gasteiger partial charge >= 0.3 is 0 Å². The van der Waals surface area contributed by atoms with Crippen LogP contribution in [-0.2, 0) is 0 Å². The van der Waals surface area contributed by atoms with E-state index >= 15 is 0 Å². The van der Waals surface area contributed by atoms with Crippen molar-refractivity contribution in [2.24, 2.45) is 0 Å². The summed E-state index contributed by atoms with van der Waals surface area (Å²) in [6, 6.07) is 12.1. The van der Waals surface area contributed by atoms with Gasteiger partial charge in [0.1, 0.15) is 11.9 Å². The second-order valence-electron chi connectivity index (χ2n) is 4.62. The number of nitro groups is 1. The van der Waals surface area contributed by atoms with Gasteiger partial charge in [0.15, 0.2) is 6.19 Å². The van der Waals surface area contributed by atoms with Crippen LogP contribution in [0.5, 0.6) is 5.75 Å². The third-order valence-electron chi connectivity index (χ3n) is 3.41. The maximum Gasteiger partial charge on any atom is 0.270 e. The maximum absolute atomic E-state index is 10.9. The molecule has 1 unspecified atom stereocenters. The molecule has 2 aromatic carbocycles. The molecule has 21 heavy (non-hydrogen) atoms. The van der Waals surface area contributed by atoms with Crippen LogP contribution in [0.2, 0.25) is 0 Å². The number of nitriles is 1. The SMILES string of the molecule is N#CNCC1Oc2ccc([N+](=O)[O-])cc2-c2ccccc21. The Balaban J connectivity index is 2.10. The van der Waals surface area contributed by atoms with Crippen molar-refractivity contribution in [2.45, 2.75) is 6.10 Å². The first-order valence-electron chi connectivity index (χ1n) is 6.37. The Hall–Kier alpha value is -3.07. The summed E-state index contributed by atoms with van der Waals surface area (Å²) in [4.78, 5) is 10.5. The first-order valence-corrected chi connectivity index (χ1v) is 6.37. The highest BCUT2D eigenvalue weighted by atomic mass is 16.6. The van der Waals surface area contributed by atoms with E-state index in [1.807, 2.05) is 30.5 Å². The monoisotopic (exact) mass is 281 g/mol. The largest absolute Gasteiger partial charge is 0.483 e. The average Bonchev–Trinajstić information content (AvgIpc) is 2.52. The molecule has 0 aliphatic carbocycles. The van der Waals surface area contributed by atoms with Crippen LogP contribution in [0.3, 0.4) is 0 Å². The van der Waals surface area contributed by atoms with Crippen LogP contribution >= 0.6 is 0 Å². The fourth-order valence-corrected chi connectivity index (χ4v) is 2.47. The Bertz CT molecular complexity index is 752. The molecule has 3 rings (SSSR count). The summed E-state index contributed by atoms with van der Waals surface area (Å²) in [6.07, 6.45) is 1.58. The summed E-state index contributed by atoms with van der Waals surface area (Å²) in [5.74, 6) is 0.587. The number of rotatable bonds is 3. The van der Waals surface area contributed by atoms with Gasteiger partial charge in [0, 0.05) is 23.3 Å². The van der Waals surface area contributed by atoms with Crippen LogP contribution in [0.15, 0.2) is 42.5 Å². The van der Waals surface area contributed by atoms with Gasteiger partial charge < -0.3 is 10.1 Å². The van der Waals surface area contributed by atoms with Crippen LogP contribution in [0.25, 0.3) is 11.1 Å².